The van der Waals surface area contributed by atoms with Crippen molar-refractivity contribution in [3.8, 4) is 11.3 Å². The van der Waals surface area contributed by atoms with Crippen molar-refractivity contribution in [2.24, 2.45) is 0 Å². The summed E-state index contributed by atoms with van der Waals surface area (Å²) in [5.41, 5.74) is 5.09. The molecule has 32 heavy (non-hydrogen) atoms. The van der Waals surface area contributed by atoms with Crippen molar-refractivity contribution in [1.29, 1.82) is 0 Å². The number of benzene rings is 3. The van der Waals surface area contributed by atoms with E-state index in [0.29, 0.717) is 0 Å². The monoisotopic (exact) mass is 499 g/mol. The number of thiophene rings is 1. The molecule has 0 N–H and O–H groups in total. The van der Waals surface area contributed by atoms with E-state index in [1.807, 2.05) is 17.5 Å². The van der Waals surface area contributed by atoms with Gasteiger partial charge in [0.2, 0.25) is 0 Å². The molecule has 0 saturated carbocycles. The first kappa shape index (κ1) is 21.7. The summed E-state index contributed by atoms with van der Waals surface area (Å²) in [6, 6.07) is 20.6. The molecule has 0 aliphatic rings. The molecule has 0 saturated heterocycles. The van der Waals surface area contributed by atoms with E-state index in [2.05, 4.69) is 99.6 Å². The van der Waals surface area contributed by atoms with Gasteiger partial charge in [0.1, 0.15) is 0 Å². The maximum atomic E-state index is 4.94. The van der Waals surface area contributed by atoms with Crippen LogP contribution in [0.4, 0.5) is 0 Å². The van der Waals surface area contributed by atoms with E-state index >= 15 is 0 Å². The van der Waals surface area contributed by atoms with Crippen molar-refractivity contribution in [2.45, 2.75) is 50.4 Å². The van der Waals surface area contributed by atoms with Gasteiger partial charge in [0.25, 0.3) is 0 Å². The average molecular weight is 498 g/mol. The van der Waals surface area contributed by atoms with Crippen LogP contribution in [0.25, 0.3) is 42.2 Å². The fourth-order valence-electron chi connectivity index (χ4n) is 4.75. The fourth-order valence-corrected chi connectivity index (χ4v) is 10.9. The van der Waals surface area contributed by atoms with Gasteiger partial charge in [-0.15, -0.1) is 0 Å². The Hall–Kier alpha value is -2.17. The number of fused-ring (bicyclic) bond motifs is 4. The summed E-state index contributed by atoms with van der Waals surface area (Å²) < 4.78 is 4.38. The third-order valence-corrected chi connectivity index (χ3v) is 12.3. The zero-order chi connectivity index (χ0) is 22.8. The summed E-state index contributed by atoms with van der Waals surface area (Å²) in [7, 11) is 0. The van der Waals surface area contributed by atoms with Crippen LogP contribution < -0.4 is 4.40 Å². The van der Waals surface area contributed by atoms with Crippen LogP contribution >= 0.6 is 11.3 Å². The fraction of sp³-hybridized carbons (Fsp3) is 0.276. The van der Waals surface area contributed by atoms with Crippen LogP contribution in [-0.2, 0) is 5.41 Å². The normalized spacial score (nSPS) is 12.8. The Bertz CT molecular complexity index is 1500. The van der Waals surface area contributed by atoms with Gasteiger partial charge in [-0.05, 0) is 0 Å². The minimum absolute atomic E-state index is 0.0586. The molecule has 162 valence electrons. The Kier molecular flexibility index (Phi) is 5.03. The number of pyridine rings is 1. The Labute approximate surface area is 197 Å². The topological polar surface area (TPSA) is 12.9 Å². The van der Waals surface area contributed by atoms with Gasteiger partial charge in [-0.25, -0.2) is 0 Å². The Morgan fingerprint density at radius 1 is 0.812 bits per heavy atom. The van der Waals surface area contributed by atoms with E-state index in [1.165, 1.54) is 47.6 Å². The van der Waals surface area contributed by atoms with E-state index in [9.17, 15) is 0 Å². The van der Waals surface area contributed by atoms with Crippen molar-refractivity contribution >= 4 is 59.9 Å². The van der Waals surface area contributed by atoms with Gasteiger partial charge in [-0.2, -0.15) is 0 Å². The third kappa shape index (κ3) is 3.58. The molecule has 0 aliphatic heterocycles. The van der Waals surface area contributed by atoms with Gasteiger partial charge in [0.05, 0.1) is 0 Å². The van der Waals surface area contributed by atoms with Crippen LogP contribution in [0, 0.1) is 6.92 Å². The molecule has 0 bridgehead atoms. The van der Waals surface area contributed by atoms with Gasteiger partial charge >= 0.3 is 198 Å². The average Bonchev–Trinajstić information content (AvgIpc) is 3.10. The van der Waals surface area contributed by atoms with Crippen LogP contribution in [0.3, 0.4) is 0 Å². The molecule has 5 rings (SSSR count). The Morgan fingerprint density at radius 3 is 2.28 bits per heavy atom. The molecular formula is C29H31GeNS. The number of rotatable bonds is 2. The second kappa shape index (κ2) is 7.43. The molecule has 0 fully saturated rings. The molecule has 0 spiro atoms. The molecule has 1 nitrogen and oxygen atoms in total. The van der Waals surface area contributed by atoms with Crippen molar-refractivity contribution in [1.82, 2.24) is 4.98 Å². The number of hydrogen-bond acceptors (Lipinski definition) is 2. The summed E-state index contributed by atoms with van der Waals surface area (Å²) in [5, 5.41) is 5.38. The van der Waals surface area contributed by atoms with E-state index in [0.717, 1.165) is 5.69 Å². The Balaban J connectivity index is 1.85. The number of aromatic nitrogens is 1. The molecule has 3 heteroatoms. The summed E-state index contributed by atoms with van der Waals surface area (Å²) in [6.07, 6.45) is 1.99. The standard InChI is InChI=1S/C29H31GeNS/c1-18-11-12-19-16-20(17-24(23(19)15-18)29(2,3)4)26-28-22(13-14-31-26)21-9-8-10-25(27(21)32-28)30(5,6)7/h8-17H,1-7H3. The maximum absolute atomic E-state index is 4.94. The predicted molar refractivity (Wildman–Crippen MR) is 146 cm³/mol. The van der Waals surface area contributed by atoms with E-state index in [-0.39, 0.29) is 5.41 Å². The second-order valence-electron chi connectivity index (χ2n) is 11.1. The van der Waals surface area contributed by atoms with Crippen LogP contribution in [0.5, 0.6) is 0 Å². The second-order valence-corrected chi connectivity index (χ2v) is 22.7. The van der Waals surface area contributed by atoms with Crippen LogP contribution in [0.1, 0.15) is 31.9 Å². The van der Waals surface area contributed by atoms with Gasteiger partial charge in [0, 0.05) is 0 Å². The minimum atomic E-state index is -1.98. The molecule has 0 aliphatic carbocycles. The van der Waals surface area contributed by atoms with Gasteiger partial charge in [-0.1, -0.05) is 0 Å². The van der Waals surface area contributed by atoms with Crippen LogP contribution in [-0.4, -0.2) is 18.3 Å². The van der Waals surface area contributed by atoms with Gasteiger partial charge in [-0.3, -0.25) is 0 Å². The molecule has 0 unspecified atom stereocenters. The van der Waals surface area contributed by atoms with Crippen molar-refractivity contribution in [2.75, 3.05) is 0 Å². The molecule has 0 atom stereocenters. The van der Waals surface area contributed by atoms with Gasteiger partial charge in [0.15, 0.2) is 0 Å². The zero-order valence-corrected chi connectivity index (χ0v) is 23.0. The number of hydrogen-bond donors (Lipinski definition) is 0. The van der Waals surface area contributed by atoms with Crippen molar-refractivity contribution in [3.63, 3.8) is 0 Å². The van der Waals surface area contributed by atoms with Gasteiger partial charge < -0.3 is 0 Å². The molecule has 3 aromatic carbocycles. The summed E-state index contributed by atoms with van der Waals surface area (Å²) in [4.78, 5) is 4.94. The van der Waals surface area contributed by atoms with E-state index in [1.54, 1.807) is 4.40 Å². The van der Waals surface area contributed by atoms with Crippen molar-refractivity contribution in [3.05, 3.63) is 71.9 Å². The molecule has 2 aromatic heterocycles. The quantitative estimate of drug-likeness (QED) is 0.223. The summed E-state index contributed by atoms with van der Waals surface area (Å²) >= 11 is -0.0424. The first-order chi connectivity index (χ1) is 15.0. The molecule has 0 radical (unpaired) electrons. The summed E-state index contributed by atoms with van der Waals surface area (Å²) in [5.74, 6) is 7.46. The Morgan fingerprint density at radius 2 is 1.56 bits per heavy atom. The van der Waals surface area contributed by atoms with Crippen LogP contribution in [0.15, 0.2) is 60.8 Å². The molecular weight excluding hydrogens is 467 g/mol. The summed E-state index contributed by atoms with van der Waals surface area (Å²) in [6.45, 7) is 9.10. The number of nitrogens with zero attached hydrogens (tertiary/aromatic N) is 1. The van der Waals surface area contributed by atoms with Crippen LogP contribution in [0.2, 0.25) is 17.3 Å². The first-order valence-corrected chi connectivity index (χ1v) is 19.6. The molecule has 0 amide bonds. The number of aryl methyl sites for hydroxylation is 1. The van der Waals surface area contributed by atoms with E-state index < -0.39 is 13.3 Å². The van der Waals surface area contributed by atoms with Crippen molar-refractivity contribution < 1.29 is 0 Å². The first-order valence-electron chi connectivity index (χ1n) is 11.4. The molecule has 2 heterocycles. The predicted octanol–water partition coefficient (Wildman–Crippen LogP) is 8.42. The van der Waals surface area contributed by atoms with E-state index in [4.69, 9.17) is 4.98 Å². The molecule has 5 aromatic rings. The third-order valence-electron chi connectivity index (χ3n) is 6.41. The SMILES string of the molecule is Cc1ccc2cc(-c3nccc4c3sc3[c]([Ge]([CH3])([CH3])[CH3])cccc34)cc(C(C)(C)C)c2c1. The zero-order valence-electron chi connectivity index (χ0n) is 20.1.